The van der Waals surface area contributed by atoms with Gasteiger partial charge in [0.25, 0.3) is 0 Å². The third-order valence-electron chi connectivity index (χ3n) is 4.53. The second kappa shape index (κ2) is 8.25. The number of aliphatic hydroxyl groups excluding tert-OH is 1. The van der Waals surface area contributed by atoms with Gasteiger partial charge in [0.1, 0.15) is 0 Å². The molecule has 0 radical (unpaired) electrons. The molecule has 1 aliphatic heterocycles. The molecule has 0 bridgehead atoms. The molecule has 4 heteroatoms. The highest BCUT2D eigenvalue weighted by Crippen LogP contribution is 2.31. The lowest BCUT2D eigenvalue weighted by atomic mass is 9.87. The van der Waals surface area contributed by atoms with E-state index >= 15 is 0 Å². The fourth-order valence-corrected chi connectivity index (χ4v) is 3.16. The molecule has 0 amide bonds. The molecule has 0 saturated carbocycles. The molecule has 1 fully saturated rings. The molecule has 4 nitrogen and oxygen atoms in total. The number of ether oxygens (including phenoxy) is 3. The van der Waals surface area contributed by atoms with Crippen LogP contribution in [-0.2, 0) is 20.8 Å². The molecule has 1 N–H and O–H groups in total. The summed E-state index contributed by atoms with van der Waals surface area (Å²) < 4.78 is 17.9. The Morgan fingerprint density at radius 2 is 1.96 bits per heavy atom. The lowest BCUT2D eigenvalue weighted by molar-refractivity contribution is -0.288. The van der Waals surface area contributed by atoms with Crippen molar-refractivity contribution in [2.75, 3.05) is 13.2 Å². The van der Waals surface area contributed by atoms with Gasteiger partial charge >= 0.3 is 0 Å². The van der Waals surface area contributed by atoms with Crippen molar-refractivity contribution in [3.05, 3.63) is 35.9 Å². The summed E-state index contributed by atoms with van der Waals surface area (Å²) in [6.07, 6.45) is 0.876. The van der Waals surface area contributed by atoms with E-state index in [0.717, 1.165) is 12.0 Å². The number of aliphatic hydroxyl groups is 1. The Morgan fingerprint density at radius 1 is 1.26 bits per heavy atom. The predicted molar refractivity (Wildman–Crippen MR) is 90.0 cm³/mol. The van der Waals surface area contributed by atoms with Gasteiger partial charge in [0.2, 0.25) is 0 Å². The van der Waals surface area contributed by atoms with Crippen LogP contribution in [0.2, 0.25) is 0 Å². The monoisotopic (exact) mass is 322 g/mol. The van der Waals surface area contributed by atoms with E-state index in [0.29, 0.717) is 13.2 Å². The molecule has 0 spiro atoms. The van der Waals surface area contributed by atoms with E-state index in [1.54, 1.807) is 0 Å². The van der Waals surface area contributed by atoms with E-state index in [4.69, 9.17) is 14.2 Å². The average Bonchev–Trinajstić information content (AvgIpc) is 2.54. The van der Waals surface area contributed by atoms with Crippen LogP contribution in [-0.4, -0.2) is 36.3 Å². The molecule has 1 aromatic carbocycles. The second-order valence-electron chi connectivity index (χ2n) is 6.97. The highest BCUT2D eigenvalue weighted by molar-refractivity contribution is 5.13. The van der Waals surface area contributed by atoms with Crippen LogP contribution >= 0.6 is 0 Å². The third-order valence-corrected chi connectivity index (χ3v) is 4.53. The van der Waals surface area contributed by atoms with Crippen molar-refractivity contribution in [1.29, 1.82) is 0 Å². The number of hydrogen-bond acceptors (Lipinski definition) is 4. The molecule has 1 aromatic rings. The van der Waals surface area contributed by atoms with Crippen LogP contribution in [0.1, 0.15) is 39.7 Å². The summed E-state index contributed by atoms with van der Waals surface area (Å²) >= 11 is 0. The maximum Gasteiger partial charge on any atom is 0.163 e. The Bertz CT molecular complexity index is 460. The van der Waals surface area contributed by atoms with Gasteiger partial charge in [0.15, 0.2) is 5.79 Å². The number of rotatable bonds is 7. The van der Waals surface area contributed by atoms with Crippen LogP contribution in [0.3, 0.4) is 0 Å². The molecule has 1 saturated heterocycles. The van der Waals surface area contributed by atoms with Crippen LogP contribution in [0.25, 0.3) is 0 Å². The molecule has 23 heavy (non-hydrogen) atoms. The highest BCUT2D eigenvalue weighted by atomic mass is 16.7. The SMILES string of the molecule is C[C@@H]([C@@H](OCc1ccccc1)[C@@H](C)CO)[C@@H]1CCOC(C)(C)O1. The molecule has 2 rings (SSSR count). The lowest BCUT2D eigenvalue weighted by Crippen LogP contribution is -2.47. The number of benzene rings is 1. The minimum Gasteiger partial charge on any atom is -0.396 e. The average molecular weight is 322 g/mol. The highest BCUT2D eigenvalue weighted by Gasteiger charge is 2.37. The first-order chi connectivity index (χ1) is 10.9. The summed E-state index contributed by atoms with van der Waals surface area (Å²) in [6.45, 7) is 9.41. The maximum atomic E-state index is 9.61. The fourth-order valence-electron chi connectivity index (χ4n) is 3.16. The van der Waals surface area contributed by atoms with Crippen LogP contribution in [0, 0.1) is 11.8 Å². The van der Waals surface area contributed by atoms with E-state index in [2.05, 4.69) is 19.1 Å². The van der Waals surface area contributed by atoms with E-state index in [1.165, 1.54) is 0 Å². The zero-order valence-corrected chi connectivity index (χ0v) is 14.7. The van der Waals surface area contributed by atoms with Gasteiger partial charge in [-0.1, -0.05) is 44.2 Å². The maximum absolute atomic E-state index is 9.61. The Balaban J connectivity index is 2.02. The van der Waals surface area contributed by atoms with Crippen LogP contribution in [0.15, 0.2) is 30.3 Å². The van der Waals surface area contributed by atoms with Gasteiger partial charge in [-0.3, -0.25) is 0 Å². The summed E-state index contributed by atoms with van der Waals surface area (Å²) in [5, 5.41) is 9.61. The summed E-state index contributed by atoms with van der Waals surface area (Å²) in [6, 6.07) is 10.1. The van der Waals surface area contributed by atoms with Crippen molar-refractivity contribution < 1.29 is 19.3 Å². The van der Waals surface area contributed by atoms with Gasteiger partial charge in [0.05, 0.1) is 25.4 Å². The minimum atomic E-state index is -0.552. The van der Waals surface area contributed by atoms with Crippen molar-refractivity contribution in [1.82, 2.24) is 0 Å². The first-order valence-corrected chi connectivity index (χ1v) is 8.51. The minimum absolute atomic E-state index is 0.0564. The van der Waals surface area contributed by atoms with Crippen molar-refractivity contribution >= 4 is 0 Å². The number of hydrogen-bond donors (Lipinski definition) is 1. The van der Waals surface area contributed by atoms with E-state index in [1.807, 2.05) is 39.0 Å². The topological polar surface area (TPSA) is 47.9 Å². The zero-order chi connectivity index (χ0) is 16.9. The van der Waals surface area contributed by atoms with Gasteiger partial charge in [-0.25, -0.2) is 0 Å². The first-order valence-electron chi connectivity index (χ1n) is 8.51. The van der Waals surface area contributed by atoms with Gasteiger partial charge in [-0.05, 0) is 25.8 Å². The van der Waals surface area contributed by atoms with Crippen molar-refractivity contribution in [2.24, 2.45) is 11.8 Å². The van der Waals surface area contributed by atoms with Crippen molar-refractivity contribution in [2.45, 2.75) is 58.7 Å². The largest absolute Gasteiger partial charge is 0.396 e. The van der Waals surface area contributed by atoms with E-state index in [9.17, 15) is 5.11 Å². The van der Waals surface area contributed by atoms with E-state index in [-0.39, 0.29) is 30.7 Å². The quantitative estimate of drug-likeness (QED) is 0.836. The molecule has 1 heterocycles. The fraction of sp³-hybridized carbons (Fsp3) is 0.684. The van der Waals surface area contributed by atoms with Gasteiger partial charge < -0.3 is 19.3 Å². The molecule has 0 unspecified atom stereocenters. The normalized spacial score (nSPS) is 24.8. The molecule has 0 aliphatic carbocycles. The standard InChI is InChI=1S/C19H30O4/c1-14(12-20)18(21-13-16-8-6-5-7-9-16)15(2)17-10-11-22-19(3,4)23-17/h5-9,14-15,17-18,20H,10-13H2,1-4H3/t14-,15+,17-,18-/m0/s1. The van der Waals surface area contributed by atoms with Crippen LogP contribution in [0.4, 0.5) is 0 Å². The van der Waals surface area contributed by atoms with Gasteiger partial charge in [0, 0.05) is 18.4 Å². The lowest BCUT2D eigenvalue weighted by Gasteiger charge is -2.41. The summed E-state index contributed by atoms with van der Waals surface area (Å²) in [5.41, 5.74) is 1.14. The summed E-state index contributed by atoms with van der Waals surface area (Å²) in [7, 11) is 0. The zero-order valence-electron chi connectivity index (χ0n) is 14.7. The molecular weight excluding hydrogens is 292 g/mol. The van der Waals surface area contributed by atoms with E-state index < -0.39 is 5.79 Å². The molecule has 130 valence electrons. The predicted octanol–water partition coefficient (Wildman–Crippen LogP) is 3.38. The second-order valence-corrected chi connectivity index (χ2v) is 6.97. The molecule has 4 atom stereocenters. The van der Waals surface area contributed by atoms with Crippen molar-refractivity contribution in [3.8, 4) is 0 Å². The van der Waals surface area contributed by atoms with Crippen LogP contribution in [0.5, 0.6) is 0 Å². The van der Waals surface area contributed by atoms with Gasteiger partial charge in [-0.15, -0.1) is 0 Å². The Labute approximate surface area is 139 Å². The molecule has 0 aromatic heterocycles. The Morgan fingerprint density at radius 3 is 2.57 bits per heavy atom. The molecule has 1 aliphatic rings. The Hall–Kier alpha value is -0.940. The van der Waals surface area contributed by atoms with Crippen molar-refractivity contribution in [3.63, 3.8) is 0 Å². The summed E-state index contributed by atoms with van der Waals surface area (Å²) in [5.74, 6) is -0.309. The summed E-state index contributed by atoms with van der Waals surface area (Å²) in [4.78, 5) is 0. The molecular formula is C19H30O4. The smallest absolute Gasteiger partial charge is 0.163 e. The third kappa shape index (κ3) is 5.28. The van der Waals surface area contributed by atoms with Gasteiger partial charge in [-0.2, -0.15) is 0 Å². The Kier molecular flexibility index (Phi) is 6.60. The van der Waals surface area contributed by atoms with Crippen LogP contribution < -0.4 is 0 Å². The first kappa shape index (κ1) is 18.4.